The second-order valence-electron chi connectivity index (χ2n) is 4.08. The zero-order valence-corrected chi connectivity index (χ0v) is 12.7. The van der Waals surface area contributed by atoms with Crippen LogP contribution in [0.1, 0.15) is 5.56 Å². The molecule has 0 atom stereocenters. The largest absolute Gasteiger partial charge is 0.497 e. The van der Waals surface area contributed by atoms with Crippen molar-refractivity contribution in [3.05, 3.63) is 29.0 Å². The predicted octanol–water partition coefficient (Wildman–Crippen LogP) is 2.20. The van der Waals surface area contributed by atoms with Gasteiger partial charge in [0.2, 0.25) is 17.2 Å². The van der Waals surface area contributed by atoms with Gasteiger partial charge in [0.25, 0.3) is 0 Å². The normalized spacial score (nSPS) is 10.1. The van der Waals surface area contributed by atoms with Crippen LogP contribution < -0.4 is 20.1 Å². The lowest BCUT2D eigenvalue weighted by Gasteiger charge is -2.10. The lowest BCUT2D eigenvalue weighted by Crippen LogP contribution is -2.07. The maximum absolute atomic E-state index is 5.82. The van der Waals surface area contributed by atoms with Crippen molar-refractivity contribution in [3.63, 3.8) is 0 Å². The maximum Gasteiger partial charge on any atom is 0.229 e. The lowest BCUT2D eigenvalue weighted by molar-refractivity contribution is 0.393. The Bertz CT molecular complexity index is 601. The van der Waals surface area contributed by atoms with Crippen LogP contribution in [0.3, 0.4) is 0 Å². The Morgan fingerprint density at radius 1 is 1.00 bits per heavy atom. The topological polar surface area (TPSA) is 81.2 Å². The zero-order valence-electron chi connectivity index (χ0n) is 12.0. The number of anilines is 2. The number of methoxy groups -OCH3 is 2. The summed E-state index contributed by atoms with van der Waals surface area (Å²) in [5.74, 6) is 2.23. The number of nitrogens with zero attached hydrogens (tertiary/aromatic N) is 3. The number of aromatic nitrogens is 3. The number of halogens is 1. The molecule has 2 rings (SSSR count). The summed E-state index contributed by atoms with van der Waals surface area (Å²) in [5, 5.41) is 6.02. The average Bonchev–Trinajstić information content (AvgIpc) is 2.51. The van der Waals surface area contributed by atoms with Gasteiger partial charge in [0.15, 0.2) is 0 Å². The summed E-state index contributed by atoms with van der Waals surface area (Å²) in [7, 11) is 4.93. The van der Waals surface area contributed by atoms with E-state index in [1.54, 1.807) is 21.3 Å². The number of hydrogen-bond donors (Lipinski definition) is 2. The van der Waals surface area contributed by atoms with Crippen LogP contribution in [0.4, 0.5) is 11.9 Å². The van der Waals surface area contributed by atoms with Crippen molar-refractivity contribution in [2.45, 2.75) is 6.54 Å². The molecule has 1 heterocycles. The second-order valence-corrected chi connectivity index (χ2v) is 4.41. The Morgan fingerprint density at radius 2 is 1.62 bits per heavy atom. The molecule has 1 aromatic heterocycles. The van der Waals surface area contributed by atoms with Crippen molar-refractivity contribution in [1.82, 2.24) is 15.0 Å². The molecule has 7 nitrogen and oxygen atoms in total. The van der Waals surface area contributed by atoms with E-state index in [9.17, 15) is 0 Å². The van der Waals surface area contributed by atoms with Crippen LogP contribution in [0, 0.1) is 0 Å². The Hall–Kier alpha value is -2.28. The fourth-order valence-electron chi connectivity index (χ4n) is 1.69. The van der Waals surface area contributed by atoms with Crippen molar-refractivity contribution in [3.8, 4) is 11.5 Å². The highest BCUT2D eigenvalue weighted by atomic mass is 35.5. The molecule has 21 heavy (non-hydrogen) atoms. The Kier molecular flexibility index (Phi) is 4.99. The first-order valence-corrected chi connectivity index (χ1v) is 6.57. The fraction of sp³-hybridized carbons (Fsp3) is 0.308. The molecular weight excluding hydrogens is 294 g/mol. The van der Waals surface area contributed by atoms with Crippen LogP contribution in [-0.4, -0.2) is 36.2 Å². The predicted molar refractivity (Wildman–Crippen MR) is 81.3 cm³/mol. The standard InChI is InChI=1S/C13H16ClN5O2/c1-15-12-17-11(14)18-13(19-12)16-7-8-4-9(20-2)6-10(5-8)21-3/h4-6H,7H2,1-3H3,(H2,15,16,17,18,19). The molecule has 0 aliphatic rings. The second kappa shape index (κ2) is 6.94. The summed E-state index contributed by atoms with van der Waals surface area (Å²) < 4.78 is 10.4. The van der Waals surface area contributed by atoms with Gasteiger partial charge in [-0.15, -0.1) is 0 Å². The van der Waals surface area contributed by atoms with Gasteiger partial charge in [-0.05, 0) is 29.3 Å². The van der Waals surface area contributed by atoms with E-state index in [-0.39, 0.29) is 5.28 Å². The van der Waals surface area contributed by atoms with Crippen molar-refractivity contribution < 1.29 is 9.47 Å². The monoisotopic (exact) mass is 309 g/mol. The number of hydrogen-bond acceptors (Lipinski definition) is 7. The van der Waals surface area contributed by atoms with Gasteiger partial charge in [-0.2, -0.15) is 15.0 Å². The van der Waals surface area contributed by atoms with Crippen molar-refractivity contribution in [1.29, 1.82) is 0 Å². The Labute approximate surface area is 127 Å². The van der Waals surface area contributed by atoms with Gasteiger partial charge in [0.1, 0.15) is 11.5 Å². The number of nitrogens with one attached hydrogen (secondary N) is 2. The molecule has 0 bridgehead atoms. The zero-order chi connectivity index (χ0) is 15.2. The summed E-state index contributed by atoms with van der Waals surface area (Å²) in [6.07, 6.45) is 0. The van der Waals surface area contributed by atoms with E-state index in [0.29, 0.717) is 18.4 Å². The van der Waals surface area contributed by atoms with Gasteiger partial charge < -0.3 is 20.1 Å². The van der Waals surface area contributed by atoms with Gasteiger partial charge in [0.05, 0.1) is 14.2 Å². The maximum atomic E-state index is 5.82. The quantitative estimate of drug-likeness (QED) is 0.846. The third-order valence-corrected chi connectivity index (χ3v) is 2.86. The summed E-state index contributed by atoms with van der Waals surface area (Å²) in [6, 6.07) is 5.61. The first-order chi connectivity index (χ1) is 10.1. The molecule has 2 aromatic rings. The molecule has 0 aliphatic carbocycles. The van der Waals surface area contributed by atoms with Gasteiger partial charge >= 0.3 is 0 Å². The molecule has 8 heteroatoms. The van der Waals surface area contributed by atoms with Crippen LogP contribution in [0.25, 0.3) is 0 Å². The summed E-state index contributed by atoms with van der Waals surface area (Å²) in [6.45, 7) is 0.497. The summed E-state index contributed by atoms with van der Waals surface area (Å²) in [4.78, 5) is 12.1. The number of benzene rings is 1. The third-order valence-electron chi connectivity index (χ3n) is 2.69. The molecule has 112 valence electrons. The van der Waals surface area contributed by atoms with E-state index >= 15 is 0 Å². The van der Waals surface area contributed by atoms with E-state index in [2.05, 4.69) is 25.6 Å². The van der Waals surface area contributed by atoms with E-state index in [1.165, 1.54) is 0 Å². The van der Waals surface area contributed by atoms with E-state index in [1.807, 2.05) is 18.2 Å². The third kappa shape index (κ3) is 4.09. The number of ether oxygens (including phenoxy) is 2. The van der Waals surface area contributed by atoms with Crippen LogP contribution in [0.15, 0.2) is 18.2 Å². The van der Waals surface area contributed by atoms with Crippen molar-refractivity contribution in [2.75, 3.05) is 31.9 Å². The number of rotatable bonds is 6. The Balaban J connectivity index is 2.14. The summed E-state index contributed by atoms with van der Waals surface area (Å²) >= 11 is 5.82. The van der Waals surface area contributed by atoms with Crippen molar-refractivity contribution in [2.24, 2.45) is 0 Å². The minimum absolute atomic E-state index is 0.125. The molecule has 0 spiro atoms. The molecule has 1 aromatic carbocycles. The van der Waals surface area contributed by atoms with E-state index in [0.717, 1.165) is 17.1 Å². The first-order valence-electron chi connectivity index (χ1n) is 6.19. The molecule has 0 fully saturated rings. The minimum Gasteiger partial charge on any atom is -0.497 e. The smallest absolute Gasteiger partial charge is 0.229 e. The van der Waals surface area contributed by atoms with Gasteiger partial charge in [-0.3, -0.25) is 0 Å². The van der Waals surface area contributed by atoms with Gasteiger partial charge in [-0.25, -0.2) is 0 Å². The highest BCUT2D eigenvalue weighted by Gasteiger charge is 2.05. The highest BCUT2D eigenvalue weighted by molar-refractivity contribution is 6.28. The molecular formula is C13H16ClN5O2. The highest BCUT2D eigenvalue weighted by Crippen LogP contribution is 2.23. The van der Waals surface area contributed by atoms with Gasteiger partial charge in [-0.1, -0.05) is 0 Å². The molecule has 0 saturated carbocycles. The minimum atomic E-state index is 0.125. The SMILES string of the molecule is CNc1nc(Cl)nc(NCc2cc(OC)cc(OC)c2)n1. The van der Waals surface area contributed by atoms with Crippen LogP contribution >= 0.6 is 11.6 Å². The van der Waals surface area contributed by atoms with Crippen LogP contribution in [0.2, 0.25) is 5.28 Å². The summed E-state index contributed by atoms with van der Waals surface area (Å²) in [5.41, 5.74) is 0.966. The van der Waals surface area contributed by atoms with Crippen LogP contribution in [-0.2, 0) is 6.54 Å². The van der Waals surface area contributed by atoms with Crippen LogP contribution in [0.5, 0.6) is 11.5 Å². The molecule has 2 N–H and O–H groups in total. The molecule has 0 amide bonds. The molecule has 0 radical (unpaired) electrons. The average molecular weight is 310 g/mol. The molecule has 0 aliphatic heterocycles. The van der Waals surface area contributed by atoms with E-state index < -0.39 is 0 Å². The van der Waals surface area contributed by atoms with E-state index in [4.69, 9.17) is 21.1 Å². The van der Waals surface area contributed by atoms with Crippen molar-refractivity contribution >= 4 is 23.5 Å². The Morgan fingerprint density at radius 3 is 2.19 bits per heavy atom. The fourth-order valence-corrected chi connectivity index (χ4v) is 1.85. The first kappa shape index (κ1) is 15.1. The lowest BCUT2D eigenvalue weighted by atomic mass is 10.2. The van der Waals surface area contributed by atoms with Gasteiger partial charge in [0, 0.05) is 19.7 Å². The molecule has 0 saturated heterocycles. The molecule has 0 unspecified atom stereocenters.